The van der Waals surface area contributed by atoms with Gasteiger partial charge in [0.2, 0.25) is 15.9 Å². The normalized spacial score (nSPS) is 19.1. The van der Waals surface area contributed by atoms with E-state index < -0.39 is 10.0 Å². The van der Waals surface area contributed by atoms with Crippen molar-refractivity contribution in [1.29, 1.82) is 0 Å². The van der Waals surface area contributed by atoms with Gasteiger partial charge in [-0.05, 0) is 44.0 Å². The molecule has 1 amide bonds. The van der Waals surface area contributed by atoms with Crippen molar-refractivity contribution in [2.45, 2.75) is 30.7 Å². The summed E-state index contributed by atoms with van der Waals surface area (Å²) in [7, 11) is -3.59. The van der Waals surface area contributed by atoms with E-state index in [1.54, 1.807) is 30.3 Å². The van der Waals surface area contributed by atoms with Gasteiger partial charge < -0.3 is 9.73 Å². The zero-order valence-corrected chi connectivity index (χ0v) is 17.1. The van der Waals surface area contributed by atoms with E-state index >= 15 is 0 Å². The van der Waals surface area contributed by atoms with Crippen LogP contribution in [0.3, 0.4) is 0 Å². The van der Waals surface area contributed by atoms with Crippen LogP contribution < -0.4 is 5.32 Å². The third-order valence-electron chi connectivity index (χ3n) is 5.37. The van der Waals surface area contributed by atoms with Crippen LogP contribution in [-0.4, -0.2) is 31.7 Å². The molecule has 4 rings (SSSR count). The Labute approximate surface area is 170 Å². The molecule has 152 valence electrons. The van der Waals surface area contributed by atoms with Gasteiger partial charge in [0, 0.05) is 18.5 Å². The Balaban J connectivity index is 1.44. The lowest BCUT2D eigenvalue weighted by molar-refractivity contribution is -0.126. The Morgan fingerprint density at radius 3 is 2.62 bits per heavy atom. The smallest absolute Gasteiger partial charge is 0.243 e. The molecule has 7 heteroatoms. The second-order valence-corrected chi connectivity index (χ2v) is 9.37. The van der Waals surface area contributed by atoms with Crippen LogP contribution in [0.15, 0.2) is 70.0 Å². The lowest BCUT2D eigenvalue weighted by Gasteiger charge is -2.31. The highest BCUT2D eigenvalue weighted by Crippen LogP contribution is 2.26. The van der Waals surface area contributed by atoms with Crippen molar-refractivity contribution in [3.63, 3.8) is 0 Å². The second-order valence-electron chi connectivity index (χ2n) is 7.43. The van der Waals surface area contributed by atoms with Crippen LogP contribution >= 0.6 is 0 Å². The maximum atomic E-state index is 12.9. The summed E-state index contributed by atoms with van der Waals surface area (Å²) in [4.78, 5) is 13.1. The van der Waals surface area contributed by atoms with E-state index in [9.17, 15) is 13.2 Å². The van der Waals surface area contributed by atoms with Gasteiger partial charge in [-0.25, -0.2) is 8.42 Å². The van der Waals surface area contributed by atoms with Gasteiger partial charge in [-0.2, -0.15) is 4.31 Å². The summed E-state index contributed by atoms with van der Waals surface area (Å²) in [5.41, 5.74) is 0.779. The highest BCUT2D eigenvalue weighted by atomic mass is 32.2. The number of amides is 1. The zero-order chi connectivity index (χ0) is 20.4. The number of para-hydroxylation sites is 1. The molecule has 1 fully saturated rings. The first-order valence-electron chi connectivity index (χ1n) is 9.79. The molecule has 6 nitrogen and oxygen atoms in total. The predicted molar refractivity (Wildman–Crippen MR) is 111 cm³/mol. The van der Waals surface area contributed by atoms with Crippen LogP contribution in [0.25, 0.3) is 11.0 Å². The summed E-state index contributed by atoms with van der Waals surface area (Å²) in [6, 6.07) is 17.7. The Kier molecular flexibility index (Phi) is 5.43. The highest BCUT2D eigenvalue weighted by Gasteiger charge is 2.33. The number of carbonyl (C=O) groups excluding carboxylic acids is 1. The summed E-state index contributed by atoms with van der Waals surface area (Å²) in [6.45, 7) is 2.49. The number of piperidine rings is 1. The van der Waals surface area contributed by atoms with Gasteiger partial charge in [0.25, 0.3) is 0 Å². The van der Waals surface area contributed by atoms with Gasteiger partial charge in [-0.1, -0.05) is 36.4 Å². The Hall–Kier alpha value is -2.64. The van der Waals surface area contributed by atoms with E-state index in [1.807, 2.05) is 37.3 Å². The second kappa shape index (κ2) is 8.00. The van der Waals surface area contributed by atoms with Gasteiger partial charge in [0.05, 0.1) is 16.9 Å². The Bertz CT molecular complexity index is 1080. The number of furan rings is 1. The third kappa shape index (κ3) is 4.06. The van der Waals surface area contributed by atoms with Crippen LogP contribution in [-0.2, 0) is 14.8 Å². The summed E-state index contributed by atoms with van der Waals surface area (Å²) < 4.78 is 33.0. The van der Waals surface area contributed by atoms with E-state index in [2.05, 4.69) is 5.32 Å². The summed E-state index contributed by atoms with van der Waals surface area (Å²) in [6.07, 6.45) is 1.32. The monoisotopic (exact) mass is 412 g/mol. The molecule has 1 N–H and O–H groups in total. The van der Waals surface area contributed by atoms with Gasteiger partial charge in [0.1, 0.15) is 11.3 Å². The summed E-state index contributed by atoms with van der Waals surface area (Å²) in [5, 5.41) is 3.97. The minimum absolute atomic E-state index is 0.147. The first-order valence-corrected chi connectivity index (χ1v) is 11.2. The van der Waals surface area contributed by atoms with Crippen molar-refractivity contribution >= 4 is 26.9 Å². The number of nitrogens with zero attached hydrogens (tertiary/aromatic N) is 1. The molecular formula is C22H24N2O4S. The average molecular weight is 413 g/mol. The van der Waals surface area contributed by atoms with Gasteiger partial charge in [-0.3, -0.25) is 4.79 Å². The number of hydrogen-bond donors (Lipinski definition) is 1. The van der Waals surface area contributed by atoms with Crippen LogP contribution in [0.4, 0.5) is 0 Å². The molecule has 0 radical (unpaired) electrons. The molecule has 2 aromatic carbocycles. The number of rotatable bonds is 5. The van der Waals surface area contributed by atoms with E-state index in [0.717, 1.165) is 11.0 Å². The number of benzene rings is 2. The third-order valence-corrected chi connectivity index (χ3v) is 7.25. The number of hydrogen-bond acceptors (Lipinski definition) is 4. The molecule has 0 bridgehead atoms. The average Bonchev–Trinajstić information content (AvgIpc) is 3.19. The molecule has 3 aromatic rings. The molecule has 29 heavy (non-hydrogen) atoms. The molecule has 1 aromatic heterocycles. The minimum Gasteiger partial charge on any atom is -0.459 e. The quantitative estimate of drug-likeness (QED) is 0.693. The van der Waals surface area contributed by atoms with Gasteiger partial charge in [-0.15, -0.1) is 0 Å². The number of fused-ring (bicyclic) bond motifs is 1. The molecule has 1 aliphatic rings. The molecule has 1 aliphatic heterocycles. The molecule has 1 saturated heterocycles. The molecular weight excluding hydrogens is 388 g/mol. The Morgan fingerprint density at radius 1 is 1.14 bits per heavy atom. The van der Waals surface area contributed by atoms with Crippen molar-refractivity contribution in [1.82, 2.24) is 9.62 Å². The zero-order valence-electron chi connectivity index (χ0n) is 16.2. The van der Waals surface area contributed by atoms with E-state index in [0.29, 0.717) is 25.1 Å². The van der Waals surface area contributed by atoms with Crippen molar-refractivity contribution < 1.29 is 17.6 Å². The van der Waals surface area contributed by atoms with Crippen LogP contribution in [0, 0.1) is 5.92 Å². The fourth-order valence-corrected chi connectivity index (χ4v) is 5.28. The van der Waals surface area contributed by atoms with Crippen molar-refractivity contribution in [3.8, 4) is 0 Å². The first kappa shape index (κ1) is 19.7. The molecule has 2 heterocycles. The number of nitrogens with one attached hydrogen (secondary N) is 1. The lowest BCUT2D eigenvalue weighted by Crippen LogP contribution is -2.45. The summed E-state index contributed by atoms with van der Waals surface area (Å²) >= 11 is 0. The van der Waals surface area contributed by atoms with E-state index in [4.69, 9.17) is 4.42 Å². The van der Waals surface area contributed by atoms with Crippen molar-refractivity contribution in [3.05, 3.63) is 66.4 Å². The van der Waals surface area contributed by atoms with Gasteiger partial charge >= 0.3 is 0 Å². The SMILES string of the molecule is C[C@@H](NC(=O)[C@@H]1CCCN(S(=O)(=O)c2ccccc2)C1)c1cc2ccccc2o1. The van der Waals surface area contributed by atoms with Crippen LogP contribution in [0.5, 0.6) is 0 Å². The van der Waals surface area contributed by atoms with Crippen molar-refractivity contribution in [2.24, 2.45) is 5.92 Å². The maximum absolute atomic E-state index is 12.9. The molecule has 2 atom stereocenters. The van der Waals surface area contributed by atoms with E-state index in [1.165, 1.54) is 4.31 Å². The molecule has 0 unspecified atom stereocenters. The molecule has 0 spiro atoms. The summed E-state index contributed by atoms with van der Waals surface area (Å²) in [5.74, 6) is 0.157. The maximum Gasteiger partial charge on any atom is 0.243 e. The fourth-order valence-electron chi connectivity index (χ4n) is 3.73. The lowest BCUT2D eigenvalue weighted by atomic mass is 9.98. The molecule has 0 aliphatic carbocycles. The van der Waals surface area contributed by atoms with Crippen LogP contribution in [0.2, 0.25) is 0 Å². The number of carbonyl (C=O) groups is 1. The largest absolute Gasteiger partial charge is 0.459 e. The van der Waals surface area contributed by atoms with Crippen LogP contribution in [0.1, 0.15) is 31.6 Å². The molecule has 0 saturated carbocycles. The predicted octanol–water partition coefficient (Wildman–Crippen LogP) is 3.71. The standard InChI is InChI=1S/C22H24N2O4S/c1-16(21-14-17-8-5-6-12-20(17)28-21)23-22(25)18-9-7-13-24(15-18)29(26,27)19-10-3-2-4-11-19/h2-6,8,10-12,14,16,18H,7,9,13,15H2,1H3,(H,23,25)/t16-,18-/m1/s1. The fraction of sp³-hybridized carbons (Fsp3) is 0.318. The topological polar surface area (TPSA) is 79.6 Å². The highest BCUT2D eigenvalue weighted by molar-refractivity contribution is 7.89. The Morgan fingerprint density at radius 2 is 1.86 bits per heavy atom. The minimum atomic E-state index is -3.59. The first-order chi connectivity index (χ1) is 13.9. The van der Waals surface area contributed by atoms with E-state index in [-0.39, 0.29) is 29.3 Å². The number of sulfonamides is 1. The van der Waals surface area contributed by atoms with Crippen molar-refractivity contribution in [2.75, 3.05) is 13.1 Å². The van der Waals surface area contributed by atoms with Gasteiger partial charge in [0.15, 0.2) is 0 Å².